The van der Waals surface area contributed by atoms with Gasteiger partial charge in [-0.25, -0.2) is 4.39 Å². The lowest BCUT2D eigenvalue weighted by atomic mass is 10.0. The molecule has 0 heterocycles. The van der Waals surface area contributed by atoms with Gasteiger partial charge in [0.25, 0.3) is 0 Å². The molecule has 0 unspecified atom stereocenters. The van der Waals surface area contributed by atoms with Crippen molar-refractivity contribution in [2.45, 2.75) is 38.7 Å². The van der Waals surface area contributed by atoms with Crippen molar-refractivity contribution in [1.29, 1.82) is 0 Å². The number of halogens is 3. The van der Waals surface area contributed by atoms with Gasteiger partial charge < -0.3 is 4.74 Å². The van der Waals surface area contributed by atoms with E-state index in [0.717, 1.165) is 36.8 Å². The normalized spacial score (nSPS) is 11.9. The third kappa shape index (κ3) is 5.32. The van der Waals surface area contributed by atoms with Gasteiger partial charge in [-0.2, -0.15) is 8.78 Å². The SMILES string of the molecule is C=CCCc1ccc2cc(OC(F)(F)c3ccc(CC/C=C/C)cc3)c(F)cc2c1. The Labute approximate surface area is 175 Å². The molecule has 0 bridgehead atoms. The number of hydrogen-bond acceptors (Lipinski definition) is 1. The van der Waals surface area contributed by atoms with Gasteiger partial charge in [-0.1, -0.05) is 48.6 Å². The van der Waals surface area contributed by atoms with Gasteiger partial charge in [0.2, 0.25) is 0 Å². The van der Waals surface area contributed by atoms with E-state index < -0.39 is 17.7 Å². The zero-order valence-electron chi connectivity index (χ0n) is 17.0. The van der Waals surface area contributed by atoms with Crippen molar-refractivity contribution >= 4 is 10.8 Å². The average molecular weight is 410 g/mol. The minimum absolute atomic E-state index is 0.309. The van der Waals surface area contributed by atoms with E-state index in [0.29, 0.717) is 10.8 Å². The number of hydrogen-bond donors (Lipinski definition) is 0. The van der Waals surface area contributed by atoms with E-state index in [9.17, 15) is 13.2 Å². The molecule has 0 atom stereocenters. The monoisotopic (exact) mass is 410 g/mol. The second-order valence-corrected chi connectivity index (χ2v) is 7.21. The number of allylic oxidation sites excluding steroid dienone is 3. The lowest BCUT2D eigenvalue weighted by molar-refractivity contribution is -0.186. The Kier molecular flexibility index (Phi) is 6.99. The summed E-state index contributed by atoms with van der Waals surface area (Å²) in [7, 11) is 0. The summed E-state index contributed by atoms with van der Waals surface area (Å²) < 4.78 is 48.6. The van der Waals surface area contributed by atoms with Gasteiger partial charge in [0.05, 0.1) is 5.56 Å². The molecule has 3 aromatic carbocycles. The summed E-state index contributed by atoms with van der Waals surface area (Å²) in [6, 6.07) is 14.1. The van der Waals surface area contributed by atoms with Gasteiger partial charge in [0.1, 0.15) is 0 Å². The van der Waals surface area contributed by atoms with Crippen LogP contribution in [0.25, 0.3) is 10.8 Å². The second-order valence-electron chi connectivity index (χ2n) is 7.21. The van der Waals surface area contributed by atoms with Crippen molar-refractivity contribution in [3.63, 3.8) is 0 Å². The Morgan fingerprint density at radius 3 is 2.30 bits per heavy atom. The second kappa shape index (κ2) is 9.66. The van der Waals surface area contributed by atoms with E-state index >= 15 is 0 Å². The first-order chi connectivity index (χ1) is 14.4. The van der Waals surface area contributed by atoms with Crippen LogP contribution in [0.15, 0.2) is 79.4 Å². The quantitative estimate of drug-likeness (QED) is 0.328. The molecule has 156 valence electrons. The number of ether oxygens (including phenoxy) is 1. The summed E-state index contributed by atoms with van der Waals surface area (Å²) in [6.45, 7) is 5.63. The van der Waals surface area contributed by atoms with Gasteiger partial charge in [0.15, 0.2) is 11.6 Å². The molecule has 4 heteroatoms. The van der Waals surface area contributed by atoms with Crippen LogP contribution < -0.4 is 4.74 Å². The maximum absolute atomic E-state index is 14.7. The van der Waals surface area contributed by atoms with Crippen LogP contribution in [-0.4, -0.2) is 0 Å². The number of alkyl halides is 2. The van der Waals surface area contributed by atoms with E-state index in [1.807, 2.05) is 37.3 Å². The Balaban J connectivity index is 1.79. The summed E-state index contributed by atoms with van der Waals surface area (Å²) in [5.74, 6) is -1.28. The summed E-state index contributed by atoms with van der Waals surface area (Å²) >= 11 is 0. The van der Waals surface area contributed by atoms with Crippen LogP contribution in [0.2, 0.25) is 0 Å². The van der Waals surface area contributed by atoms with Crippen LogP contribution >= 0.6 is 0 Å². The standard InChI is InChI=1S/C26H25F3O/c1-3-5-7-9-19-11-14-23(15-12-19)26(28,29)30-25-18-21-13-10-20(8-6-4-2)16-22(21)17-24(25)27/h3-5,10-18H,2,6-9H2,1H3/b5-3+. The molecule has 0 spiro atoms. The predicted molar refractivity (Wildman–Crippen MR) is 117 cm³/mol. The largest absolute Gasteiger partial charge is 0.426 e. The highest BCUT2D eigenvalue weighted by Crippen LogP contribution is 2.35. The molecular weight excluding hydrogens is 385 g/mol. The number of fused-ring (bicyclic) bond motifs is 1. The fourth-order valence-electron chi connectivity index (χ4n) is 3.28. The fourth-order valence-corrected chi connectivity index (χ4v) is 3.28. The molecule has 3 rings (SSSR count). The molecule has 0 aromatic heterocycles. The van der Waals surface area contributed by atoms with Crippen LogP contribution in [0.4, 0.5) is 13.2 Å². The van der Waals surface area contributed by atoms with Crippen molar-refractivity contribution < 1.29 is 17.9 Å². The highest BCUT2D eigenvalue weighted by atomic mass is 19.3. The molecule has 0 fully saturated rings. The number of rotatable bonds is 9. The molecule has 0 radical (unpaired) electrons. The van der Waals surface area contributed by atoms with Crippen LogP contribution in [0.1, 0.15) is 36.5 Å². The lowest BCUT2D eigenvalue weighted by Gasteiger charge is -2.19. The average Bonchev–Trinajstić information content (AvgIpc) is 2.73. The van der Waals surface area contributed by atoms with Crippen molar-refractivity contribution in [3.8, 4) is 5.75 Å². The van der Waals surface area contributed by atoms with Crippen LogP contribution in [0.3, 0.4) is 0 Å². The van der Waals surface area contributed by atoms with Gasteiger partial charge in [-0.05, 0) is 78.8 Å². The number of aryl methyl sites for hydroxylation is 2. The van der Waals surface area contributed by atoms with Crippen molar-refractivity contribution in [2.24, 2.45) is 0 Å². The zero-order chi connectivity index (χ0) is 21.6. The molecule has 30 heavy (non-hydrogen) atoms. The highest BCUT2D eigenvalue weighted by Gasteiger charge is 2.35. The van der Waals surface area contributed by atoms with Crippen LogP contribution in [0.5, 0.6) is 5.75 Å². The van der Waals surface area contributed by atoms with Gasteiger partial charge in [-0.15, -0.1) is 6.58 Å². The molecule has 1 nitrogen and oxygen atoms in total. The highest BCUT2D eigenvalue weighted by molar-refractivity contribution is 5.84. The maximum atomic E-state index is 14.7. The van der Waals surface area contributed by atoms with Crippen LogP contribution in [-0.2, 0) is 19.0 Å². The molecule has 0 saturated carbocycles. The van der Waals surface area contributed by atoms with E-state index in [1.54, 1.807) is 18.2 Å². The topological polar surface area (TPSA) is 9.23 Å². The minimum Gasteiger partial charge on any atom is -0.426 e. The maximum Gasteiger partial charge on any atom is 0.426 e. The zero-order valence-corrected chi connectivity index (χ0v) is 17.0. The smallest absolute Gasteiger partial charge is 0.426 e. The predicted octanol–water partition coefficient (Wildman–Crippen LogP) is 7.73. The third-order valence-corrected chi connectivity index (χ3v) is 4.96. The Hall–Kier alpha value is -3.01. The molecular formula is C26H25F3O. The van der Waals surface area contributed by atoms with E-state index in [4.69, 9.17) is 4.74 Å². The fraction of sp³-hybridized carbons (Fsp3) is 0.231. The first-order valence-corrected chi connectivity index (χ1v) is 10.0. The van der Waals surface area contributed by atoms with E-state index in [1.165, 1.54) is 24.3 Å². The van der Waals surface area contributed by atoms with Gasteiger partial charge >= 0.3 is 6.11 Å². The Morgan fingerprint density at radius 1 is 0.900 bits per heavy atom. The molecule has 0 N–H and O–H groups in total. The molecule has 0 aliphatic heterocycles. The summed E-state index contributed by atoms with van der Waals surface area (Å²) in [4.78, 5) is 0. The first-order valence-electron chi connectivity index (χ1n) is 10.0. The summed E-state index contributed by atoms with van der Waals surface area (Å²) in [5, 5.41) is 1.29. The Morgan fingerprint density at radius 2 is 1.60 bits per heavy atom. The molecule has 0 aliphatic carbocycles. The third-order valence-electron chi connectivity index (χ3n) is 4.96. The lowest BCUT2D eigenvalue weighted by Crippen LogP contribution is -2.22. The molecule has 0 aliphatic rings. The van der Waals surface area contributed by atoms with Gasteiger partial charge in [-0.3, -0.25) is 0 Å². The first kappa shape index (κ1) is 21.7. The van der Waals surface area contributed by atoms with Crippen molar-refractivity contribution in [1.82, 2.24) is 0 Å². The Bertz CT molecular complexity index is 1040. The van der Waals surface area contributed by atoms with Gasteiger partial charge in [0, 0.05) is 0 Å². The van der Waals surface area contributed by atoms with E-state index in [2.05, 4.69) is 6.58 Å². The van der Waals surface area contributed by atoms with Crippen molar-refractivity contribution in [3.05, 3.63) is 102 Å². The summed E-state index contributed by atoms with van der Waals surface area (Å²) in [5.41, 5.74) is 1.68. The number of benzene rings is 3. The molecule has 0 amide bonds. The van der Waals surface area contributed by atoms with Crippen molar-refractivity contribution in [2.75, 3.05) is 0 Å². The van der Waals surface area contributed by atoms with E-state index in [-0.39, 0.29) is 5.56 Å². The molecule has 0 saturated heterocycles. The molecule has 3 aromatic rings. The van der Waals surface area contributed by atoms with Crippen LogP contribution in [0, 0.1) is 5.82 Å². The summed E-state index contributed by atoms with van der Waals surface area (Å²) in [6.07, 6.45) is 5.38. The minimum atomic E-state index is -3.64.